The second kappa shape index (κ2) is 4.65. The normalized spacial score (nSPS) is 11.6. The molecule has 0 aliphatic heterocycles. The third-order valence-corrected chi connectivity index (χ3v) is 2.71. The molecule has 1 aromatic carbocycles. The van der Waals surface area contributed by atoms with Crippen molar-refractivity contribution >= 4 is 16.7 Å². The summed E-state index contributed by atoms with van der Waals surface area (Å²) in [6.45, 7) is 9.46. The Labute approximate surface area is 113 Å². The lowest BCUT2D eigenvalue weighted by atomic mass is 10.0. The molecule has 0 aliphatic rings. The molecule has 100 valence electrons. The zero-order chi connectivity index (χ0) is 14.2. The van der Waals surface area contributed by atoms with Gasteiger partial charge in [-0.1, -0.05) is 0 Å². The lowest BCUT2D eigenvalue weighted by Gasteiger charge is -2.21. The van der Waals surface area contributed by atoms with E-state index in [4.69, 9.17) is 4.74 Å². The first kappa shape index (κ1) is 13.5. The number of Topliss-reactive ketones (excluding diaryl/α,β-unsaturated/α-hetero) is 1. The van der Waals surface area contributed by atoms with Crippen LogP contribution in [-0.4, -0.2) is 16.4 Å². The third kappa shape index (κ3) is 3.11. The number of ketones is 1. The van der Waals surface area contributed by atoms with Crippen molar-refractivity contribution < 1.29 is 9.53 Å². The lowest BCUT2D eigenvalue weighted by molar-refractivity contribution is 0.101. The van der Waals surface area contributed by atoms with Gasteiger partial charge >= 0.3 is 0 Å². The quantitative estimate of drug-likeness (QED) is 0.765. The van der Waals surface area contributed by atoms with Crippen LogP contribution < -0.4 is 4.74 Å². The van der Waals surface area contributed by atoms with Crippen LogP contribution in [-0.2, 0) is 0 Å². The van der Waals surface area contributed by atoms with E-state index in [1.165, 1.54) is 0 Å². The van der Waals surface area contributed by atoms with Crippen molar-refractivity contribution in [2.24, 2.45) is 0 Å². The molecule has 1 heterocycles. The Morgan fingerprint density at radius 1 is 1.21 bits per heavy atom. The molecule has 3 nitrogen and oxygen atoms in total. The highest BCUT2D eigenvalue weighted by Crippen LogP contribution is 2.26. The van der Waals surface area contributed by atoms with Crippen LogP contribution in [0.5, 0.6) is 5.75 Å². The Kier molecular flexibility index (Phi) is 3.31. The SMILES string of the molecule is CC(=O)c1cc(C)nc2ccc(OC(C)(C)C)cc12. The highest BCUT2D eigenvalue weighted by atomic mass is 16.5. The van der Waals surface area contributed by atoms with Crippen LogP contribution in [0.25, 0.3) is 10.9 Å². The van der Waals surface area contributed by atoms with Crippen molar-refractivity contribution in [3.05, 3.63) is 35.5 Å². The predicted octanol–water partition coefficient (Wildman–Crippen LogP) is 3.92. The molecule has 0 saturated heterocycles. The first-order valence-corrected chi connectivity index (χ1v) is 6.37. The molecule has 0 spiro atoms. The van der Waals surface area contributed by atoms with Crippen molar-refractivity contribution in [1.29, 1.82) is 0 Å². The van der Waals surface area contributed by atoms with Gasteiger partial charge in [-0.3, -0.25) is 9.78 Å². The van der Waals surface area contributed by atoms with E-state index in [2.05, 4.69) is 4.98 Å². The van der Waals surface area contributed by atoms with Crippen LogP contribution in [0, 0.1) is 6.92 Å². The fourth-order valence-electron chi connectivity index (χ4n) is 2.05. The minimum absolute atomic E-state index is 0.0448. The van der Waals surface area contributed by atoms with Gasteiger partial charge in [0.15, 0.2) is 5.78 Å². The van der Waals surface area contributed by atoms with Crippen LogP contribution in [0.15, 0.2) is 24.3 Å². The summed E-state index contributed by atoms with van der Waals surface area (Å²) in [5.74, 6) is 0.802. The lowest BCUT2D eigenvalue weighted by Crippen LogP contribution is -2.22. The van der Waals surface area contributed by atoms with Crippen molar-refractivity contribution in [2.45, 2.75) is 40.2 Å². The fraction of sp³-hybridized carbons (Fsp3) is 0.375. The zero-order valence-electron chi connectivity index (χ0n) is 12.1. The first-order valence-electron chi connectivity index (χ1n) is 6.37. The highest BCUT2D eigenvalue weighted by molar-refractivity contribution is 6.06. The van der Waals surface area contributed by atoms with Crippen molar-refractivity contribution in [1.82, 2.24) is 4.98 Å². The van der Waals surface area contributed by atoms with Gasteiger partial charge in [-0.2, -0.15) is 0 Å². The van der Waals surface area contributed by atoms with Gasteiger partial charge in [-0.25, -0.2) is 0 Å². The van der Waals surface area contributed by atoms with Gasteiger partial charge in [0.2, 0.25) is 0 Å². The minimum atomic E-state index is -0.262. The topological polar surface area (TPSA) is 39.2 Å². The van der Waals surface area contributed by atoms with Crippen molar-refractivity contribution in [3.8, 4) is 5.75 Å². The Bertz CT molecular complexity index is 639. The maximum absolute atomic E-state index is 11.7. The monoisotopic (exact) mass is 257 g/mol. The number of benzene rings is 1. The third-order valence-electron chi connectivity index (χ3n) is 2.71. The first-order chi connectivity index (χ1) is 8.76. The number of hydrogen-bond acceptors (Lipinski definition) is 3. The number of carbonyl (C=O) groups is 1. The average molecular weight is 257 g/mol. The Hall–Kier alpha value is -1.90. The molecule has 0 saturated carbocycles. The maximum Gasteiger partial charge on any atom is 0.160 e. The van der Waals surface area contributed by atoms with E-state index in [1.54, 1.807) is 6.92 Å². The Morgan fingerprint density at radius 2 is 1.89 bits per heavy atom. The molecule has 0 radical (unpaired) electrons. The molecule has 0 fully saturated rings. The van der Waals surface area contributed by atoms with Crippen LogP contribution in [0.4, 0.5) is 0 Å². The summed E-state index contributed by atoms with van der Waals surface area (Å²) >= 11 is 0. The number of rotatable bonds is 2. The molecule has 0 aliphatic carbocycles. The predicted molar refractivity (Wildman–Crippen MR) is 76.9 cm³/mol. The largest absolute Gasteiger partial charge is 0.488 e. The summed E-state index contributed by atoms with van der Waals surface area (Å²) in [6, 6.07) is 7.51. The van der Waals surface area contributed by atoms with E-state index in [0.29, 0.717) is 5.56 Å². The molecule has 0 bridgehead atoms. The van der Waals surface area contributed by atoms with Crippen LogP contribution >= 0.6 is 0 Å². The maximum atomic E-state index is 11.7. The summed E-state index contributed by atoms with van der Waals surface area (Å²) < 4.78 is 5.84. The smallest absolute Gasteiger partial charge is 0.160 e. The summed E-state index contributed by atoms with van der Waals surface area (Å²) in [5, 5.41) is 0.847. The van der Waals surface area contributed by atoms with Gasteiger partial charge in [0, 0.05) is 16.6 Å². The van der Waals surface area contributed by atoms with Crippen molar-refractivity contribution in [2.75, 3.05) is 0 Å². The molecule has 2 aromatic rings. The second-order valence-corrected chi connectivity index (χ2v) is 5.76. The Balaban J connectivity index is 2.61. The number of ether oxygens (including phenoxy) is 1. The van der Waals surface area contributed by atoms with Gasteiger partial charge in [-0.15, -0.1) is 0 Å². The van der Waals surface area contributed by atoms with E-state index < -0.39 is 0 Å². The number of nitrogens with zero attached hydrogens (tertiary/aromatic N) is 1. The molecule has 2 rings (SSSR count). The number of hydrogen-bond donors (Lipinski definition) is 0. The minimum Gasteiger partial charge on any atom is -0.488 e. The number of pyridine rings is 1. The fourth-order valence-corrected chi connectivity index (χ4v) is 2.05. The molecule has 19 heavy (non-hydrogen) atoms. The summed E-state index contributed by atoms with van der Waals surface area (Å²) in [5.41, 5.74) is 2.11. The summed E-state index contributed by atoms with van der Waals surface area (Å²) in [4.78, 5) is 16.2. The van der Waals surface area contributed by atoms with E-state index in [-0.39, 0.29) is 11.4 Å². The molecule has 0 atom stereocenters. The van der Waals surface area contributed by atoms with Gasteiger partial charge in [0.05, 0.1) is 5.52 Å². The van der Waals surface area contributed by atoms with Crippen LogP contribution in [0.2, 0.25) is 0 Å². The average Bonchev–Trinajstić information content (AvgIpc) is 2.26. The zero-order valence-corrected chi connectivity index (χ0v) is 12.1. The van der Waals surface area contributed by atoms with Crippen LogP contribution in [0.3, 0.4) is 0 Å². The van der Waals surface area contributed by atoms with Gasteiger partial charge in [0.1, 0.15) is 11.4 Å². The molecule has 1 aromatic heterocycles. The van der Waals surface area contributed by atoms with Gasteiger partial charge in [-0.05, 0) is 58.9 Å². The van der Waals surface area contributed by atoms with E-state index in [0.717, 1.165) is 22.3 Å². The molecule has 0 amide bonds. The number of fused-ring (bicyclic) bond motifs is 1. The van der Waals surface area contributed by atoms with E-state index >= 15 is 0 Å². The van der Waals surface area contributed by atoms with E-state index in [1.807, 2.05) is 52.0 Å². The molecular formula is C16H19NO2. The molecular weight excluding hydrogens is 238 g/mol. The highest BCUT2D eigenvalue weighted by Gasteiger charge is 2.14. The van der Waals surface area contributed by atoms with Gasteiger partial charge in [0.25, 0.3) is 0 Å². The summed E-state index contributed by atoms with van der Waals surface area (Å²) in [7, 11) is 0. The van der Waals surface area contributed by atoms with E-state index in [9.17, 15) is 4.79 Å². The number of aryl methyl sites for hydroxylation is 1. The molecule has 0 unspecified atom stereocenters. The number of carbonyl (C=O) groups excluding carboxylic acids is 1. The number of aromatic nitrogens is 1. The molecule has 0 N–H and O–H groups in total. The Morgan fingerprint density at radius 3 is 2.47 bits per heavy atom. The van der Waals surface area contributed by atoms with Crippen LogP contribution in [0.1, 0.15) is 43.7 Å². The van der Waals surface area contributed by atoms with Crippen molar-refractivity contribution in [3.63, 3.8) is 0 Å². The second-order valence-electron chi connectivity index (χ2n) is 5.76. The molecule has 3 heteroatoms. The van der Waals surface area contributed by atoms with Gasteiger partial charge < -0.3 is 4.74 Å². The standard InChI is InChI=1S/C16H19NO2/c1-10-8-13(11(2)18)14-9-12(19-16(3,4)5)6-7-15(14)17-10/h6-9H,1-5H3. The summed E-state index contributed by atoms with van der Waals surface area (Å²) in [6.07, 6.45) is 0.